The van der Waals surface area contributed by atoms with Gasteiger partial charge in [-0.05, 0) is 87.1 Å². The summed E-state index contributed by atoms with van der Waals surface area (Å²) in [5.41, 5.74) is 8.54. The van der Waals surface area contributed by atoms with Gasteiger partial charge in [0.05, 0.1) is 5.69 Å². The summed E-state index contributed by atoms with van der Waals surface area (Å²) in [6.07, 6.45) is 10.5. The monoisotopic (exact) mass is 704 g/mol. The Kier molecular flexibility index (Phi) is 7.24. The molecular formula is C50H32N4O. The second-order valence-electron chi connectivity index (χ2n) is 14.1. The lowest BCUT2D eigenvalue weighted by Gasteiger charge is -2.12. The Balaban J connectivity index is 1.01. The second kappa shape index (κ2) is 12.7. The number of allylic oxidation sites excluding steroid dienone is 4. The highest BCUT2D eigenvalue weighted by Crippen LogP contribution is 2.40. The van der Waals surface area contributed by atoms with Crippen molar-refractivity contribution < 1.29 is 4.42 Å². The van der Waals surface area contributed by atoms with Crippen LogP contribution >= 0.6 is 0 Å². The van der Waals surface area contributed by atoms with Crippen LogP contribution in [0.1, 0.15) is 18.7 Å². The number of fused-ring (bicyclic) bond motifs is 9. The van der Waals surface area contributed by atoms with E-state index in [2.05, 4.69) is 115 Å². The lowest BCUT2D eigenvalue weighted by atomic mass is 9.92. The largest absolute Gasteiger partial charge is 0.456 e. The van der Waals surface area contributed by atoms with Crippen LogP contribution in [-0.2, 0) is 0 Å². The normalized spacial score (nSPS) is 13.0. The zero-order valence-electron chi connectivity index (χ0n) is 29.8. The zero-order chi connectivity index (χ0) is 36.3. The van der Waals surface area contributed by atoms with Crippen molar-refractivity contribution in [2.24, 2.45) is 0 Å². The highest BCUT2D eigenvalue weighted by molar-refractivity contribution is 6.25. The van der Waals surface area contributed by atoms with E-state index in [0.29, 0.717) is 17.5 Å². The molecule has 3 aromatic heterocycles. The lowest BCUT2D eigenvalue weighted by molar-refractivity contribution is 0.669. The van der Waals surface area contributed by atoms with Crippen LogP contribution in [0.25, 0.3) is 105 Å². The molecule has 3 heterocycles. The second-order valence-corrected chi connectivity index (χ2v) is 14.1. The van der Waals surface area contributed by atoms with Crippen LogP contribution in [0.5, 0.6) is 0 Å². The van der Waals surface area contributed by atoms with Crippen LogP contribution in [0.2, 0.25) is 0 Å². The Morgan fingerprint density at radius 3 is 1.85 bits per heavy atom. The summed E-state index contributed by atoms with van der Waals surface area (Å²) in [6.45, 7) is 0. The number of aromatic nitrogens is 4. The van der Waals surface area contributed by atoms with Crippen molar-refractivity contribution in [2.45, 2.75) is 12.8 Å². The summed E-state index contributed by atoms with van der Waals surface area (Å²) in [5.74, 6) is 1.92. The first-order valence-corrected chi connectivity index (χ1v) is 18.7. The molecule has 5 nitrogen and oxygen atoms in total. The summed E-state index contributed by atoms with van der Waals surface area (Å²) in [5, 5.41) is 9.55. The first-order valence-electron chi connectivity index (χ1n) is 18.7. The van der Waals surface area contributed by atoms with Crippen molar-refractivity contribution in [3.05, 3.63) is 176 Å². The van der Waals surface area contributed by atoms with Crippen molar-refractivity contribution >= 4 is 59.8 Å². The van der Waals surface area contributed by atoms with Crippen LogP contribution in [-0.4, -0.2) is 19.9 Å². The fourth-order valence-corrected chi connectivity index (χ4v) is 8.12. The van der Waals surface area contributed by atoms with Gasteiger partial charge >= 0.3 is 0 Å². The van der Waals surface area contributed by atoms with Gasteiger partial charge in [0, 0.05) is 44.8 Å². The third kappa shape index (κ3) is 5.32. The Labute approximate surface area is 317 Å². The number of pyridine rings is 1. The van der Waals surface area contributed by atoms with Crippen molar-refractivity contribution in [3.8, 4) is 45.2 Å². The molecule has 0 radical (unpaired) electrons. The van der Waals surface area contributed by atoms with Crippen molar-refractivity contribution in [2.75, 3.05) is 0 Å². The van der Waals surface area contributed by atoms with Gasteiger partial charge in [-0.2, -0.15) is 0 Å². The molecule has 5 heteroatoms. The minimum Gasteiger partial charge on any atom is -0.456 e. The van der Waals surface area contributed by atoms with Gasteiger partial charge in [-0.25, -0.2) is 15.0 Å². The van der Waals surface area contributed by atoms with Gasteiger partial charge in [-0.3, -0.25) is 4.98 Å². The number of hydrogen-bond acceptors (Lipinski definition) is 5. The van der Waals surface area contributed by atoms with E-state index in [1.54, 1.807) is 0 Å². The van der Waals surface area contributed by atoms with Gasteiger partial charge < -0.3 is 4.42 Å². The molecular weight excluding hydrogens is 673 g/mol. The van der Waals surface area contributed by atoms with Crippen LogP contribution in [0, 0.1) is 0 Å². The molecule has 10 aromatic rings. The molecule has 0 saturated heterocycles. The third-order valence-electron chi connectivity index (χ3n) is 10.8. The van der Waals surface area contributed by atoms with Gasteiger partial charge in [0.15, 0.2) is 17.5 Å². The molecule has 0 spiro atoms. The highest BCUT2D eigenvalue weighted by atomic mass is 16.3. The van der Waals surface area contributed by atoms with Crippen LogP contribution in [0.3, 0.4) is 0 Å². The maximum absolute atomic E-state index is 6.42. The number of rotatable bonds is 5. The highest BCUT2D eigenvalue weighted by Gasteiger charge is 2.19. The Hall–Kier alpha value is -7.24. The van der Waals surface area contributed by atoms with E-state index in [-0.39, 0.29) is 0 Å². The molecule has 0 unspecified atom stereocenters. The molecule has 0 saturated carbocycles. The van der Waals surface area contributed by atoms with E-state index in [4.69, 9.17) is 24.4 Å². The molecule has 0 fully saturated rings. The maximum atomic E-state index is 6.42. The van der Waals surface area contributed by atoms with E-state index < -0.39 is 0 Å². The van der Waals surface area contributed by atoms with Gasteiger partial charge in [0.2, 0.25) is 0 Å². The van der Waals surface area contributed by atoms with E-state index >= 15 is 0 Å². The fraction of sp³-hybridized carbons (Fsp3) is 0.0400. The van der Waals surface area contributed by atoms with Crippen LogP contribution in [0.4, 0.5) is 0 Å². The van der Waals surface area contributed by atoms with Gasteiger partial charge in [-0.1, -0.05) is 127 Å². The van der Waals surface area contributed by atoms with Gasteiger partial charge in [-0.15, -0.1) is 0 Å². The minimum absolute atomic E-state index is 0.612. The molecule has 55 heavy (non-hydrogen) atoms. The lowest BCUT2D eigenvalue weighted by Crippen LogP contribution is -2.03. The van der Waals surface area contributed by atoms with Crippen molar-refractivity contribution in [1.82, 2.24) is 19.9 Å². The molecule has 11 rings (SSSR count). The predicted octanol–water partition coefficient (Wildman–Crippen LogP) is 13.0. The Bertz CT molecular complexity index is 3160. The Morgan fingerprint density at radius 2 is 1.11 bits per heavy atom. The van der Waals surface area contributed by atoms with Crippen molar-refractivity contribution in [1.29, 1.82) is 0 Å². The van der Waals surface area contributed by atoms with E-state index in [1.807, 2.05) is 54.7 Å². The smallest absolute Gasteiger partial charge is 0.164 e. The van der Waals surface area contributed by atoms with Crippen LogP contribution < -0.4 is 0 Å². The van der Waals surface area contributed by atoms with Crippen molar-refractivity contribution in [3.63, 3.8) is 0 Å². The van der Waals surface area contributed by atoms with Gasteiger partial charge in [0.1, 0.15) is 11.2 Å². The summed E-state index contributed by atoms with van der Waals surface area (Å²) in [7, 11) is 0. The standard InChI is InChI=1S/C50H32N4O/c1-3-12-31(13-4-1)48-52-49(32-14-5-2-6-15-32)54-50(53-48)41-20-11-21-46-47(41)43-29-34(24-27-45(43)55-46)44-26-23-35(30-51-44)33-22-25-40-38-18-8-7-16-36(38)37-17-9-10-19-39(37)42(40)28-33/h1,3-5,7-30H,2,6H2. The van der Waals surface area contributed by atoms with E-state index in [0.717, 1.165) is 73.9 Å². The molecule has 0 N–H and O–H groups in total. The average Bonchev–Trinajstić information content (AvgIpc) is 3.65. The molecule has 7 aromatic carbocycles. The Morgan fingerprint density at radius 1 is 0.436 bits per heavy atom. The first-order chi connectivity index (χ1) is 27.2. The predicted molar refractivity (Wildman–Crippen MR) is 226 cm³/mol. The first kappa shape index (κ1) is 31.3. The molecule has 258 valence electrons. The molecule has 1 aliphatic carbocycles. The molecule has 1 aliphatic rings. The molecule has 0 aliphatic heterocycles. The third-order valence-corrected chi connectivity index (χ3v) is 10.8. The summed E-state index contributed by atoms with van der Waals surface area (Å²) < 4.78 is 6.42. The van der Waals surface area contributed by atoms with E-state index in [1.165, 1.54) is 32.3 Å². The van der Waals surface area contributed by atoms with Gasteiger partial charge in [0.25, 0.3) is 0 Å². The SMILES string of the molecule is C1=CC(c2nc(-c3ccccc3)nc(-c3cccc4oc5ccc(-c6ccc(-c7ccc8c9ccccc9c9ccccc9c8c7)cn6)cc5c34)n2)=CCC1. The number of hydrogen-bond donors (Lipinski definition) is 0. The maximum Gasteiger partial charge on any atom is 0.164 e. The van der Waals surface area contributed by atoms with E-state index in [9.17, 15) is 0 Å². The summed E-state index contributed by atoms with van der Waals surface area (Å²) in [6, 6.07) is 50.9. The molecule has 0 atom stereocenters. The zero-order valence-corrected chi connectivity index (χ0v) is 29.8. The minimum atomic E-state index is 0.612. The summed E-state index contributed by atoms with van der Waals surface area (Å²) in [4.78, 5) is 20.0. The van der Waals surface area contributed by atoms with Crippen LogP contribution in [0.15, 0.2) is 174 Å². The quantitative estimate of drug-likeness (QED) is 0.167. The number of furan rings is 1. The molecule has 0 bridgehead atoms. The topological polar surface area (TPSA) is 64.7 Å². The fourth-order valence-electron chi connectivity index (χ4n) is 8.12. The molecule has 0 amide bonds. The number of nitrogens with zero attached hydrogens (tertiary/aromatic N) is 4. The number of benzene rings is 7. The average molecular weight is 705 g/mol. The summed E-state index contributed by atoms with van der Waals surface area (Å²) >= 11 is 0.